The number of nitrogens with one attached hydrogen (secondary N) is 1. The lowest BCUT2D eigenvalue weighted by Crippen LogP contribution is -2.16. The molecule has 0 spiro atoms. The van der Waals surface area contributed by atoms with Crippen molar-refractivity contribution in [1.82, 2.24) is 5.32 Å². The molecule has 1 heterocycles. The van der Waals surface area contributed by atoms with E-state index in [1.165, 1.54) is 5.56 Å². The Morgan fingerprint density at radius 2 is 2.42 bits per heavy atom. The summed E-state index contributed by atoms with van der Waals surface area (Å²) in [6.45, 7) is 0.923. The second kappa shape index (κ2) is 2.77. The van der Waals surface area contributed by atoms with Gasteiger partial charge in [0.2, 0.25) is 0 Å². The highest BCUT2D eigenvalue weighted by Gasteiger charge is 2.22. The molecule has 0 amide bonds. The monoisotopic (exact) mass is 164 g/mol. The van der Waals surface area contributed by atoms with E-state index in [1.807, 2.05) is 18.2 Å². The van der Waals surface area contributed by atoms with E-state index in [2.05, 4.69) is 5.32 Å². The Labute approximate surface area is 71.2 Å². The second-order valence-corrected chi connectivity index (χ2v) is 3.04. The SMILES string of the molecule is Nc1cccc2c1C(CO)NC2. The molecule has 3 nitrogen and oxygen atoms in total. The molecule has 1 atom stereocenters. The third-order valence-corrected chi connectivity index (χ3v) is 2.30. The number of rotatable bonds is 1. The van der Waals surface area contributed by atoms with Crippen LogP contribution in [0.15, 0.2) is 18.2 Å². The Bertz CT molecular complexity index is 299. The lowest BCUT2D eigenvalue weighted by molar-refractivity contribution is 0.252. The van der Waals surface area contributed by atoms with E-state index in [9.17, 15) is 0 Å². The van der Waals surface area contributed by atoms with Crippen molar-refractivity contribution < 1.29 is 5.11 Å². The minimum atomic E-state index is 0.0289. The van der Waals surface area contributed by atoms with Crippen molar-refractivity contribution in [2.75, 3.05) is 12.3 Å². The fraction of sp³-hybridized carbons (Fsp3) is 0.333. The second-order valence-electron chi connectivity index (χ2n) is 3.04. The fourth-order valence-electron chi connectivity index (χ4n) is 1.70. The Morgan fingerprint density at radius 1 is 1.58 bits per heavy atom. The van der Waals surface area contributed by atoms with Gasteiger partial charge in [0.25, 0.3) is 0 Å². The molecule has 64 valence electrons. The van der Waals surface area contributed by atoms with E-state index in [4.69, 9.17) is 10.8 Å². The van der Waals surface area contributed by atoms with Gasteiger partial charge in [0.1, 0.15) is 0 Å². The van der Waals surface area contributed by atoms with Crippen LogP contribution >= 0.6 is 0 Å². The van der Waals surface area contributed by atoms with Gasteiger partial charge in [0.05, 0.1) is 12.6 Å². The van der Waals surface area contributed by atoms with E-state index < -0.39 is 0 Å². The third-order valence-electron chi connectivity index (χ3n) is 2.30. The van der Waals surface area contributed by atoms with Gasteiger partial charge in [-0.1, -0.05) is 12.1 Å². The number of nitrogens with two attached hydrogens (primary N) is 1. The van der Waals surface area contributed by atoms with Crippen LogP contribution in [0.1, 0.15) is 17.2 Å². The van der Waals surface area contributed by atoms with Gasteiger partial charge in [-0.15, -0.1) is 0 Å². The van der Waals surface area contributed by atoms with Crippen molar-refractivity contribution in [2.45, 2.75) is 12.6 Å². The molecule has 0 fully saturated rings. The quantitative estimate of drug-likeness (QED) is 0.527. The number of aliphatic hydroxyl groups excluding tert-OH is 1. The first-order valence-corrected chi connectivity index (χ1v) is 4.04. The molecule has 4 N–H and O–H groups in total. The van der Waals surface area contributed by atoms with Gasteiger partial charge < -0.3 is 16.2 Å². The summed E-state index contributed by atoms with van der Waals surface area (Å²) >= 11 is 0. The Balaban J connectivity index is 2.48. The summed E-state index contributed by atoms with van der Waals surface area (Å²) in [6.07, 6.45) is 0. The number of hydrogen-bond acceptors (Lipinski definition) is 3. The molecule has 3 heteroatoms. The molecule has 1 aromatic carbocycles. The lowest BCUT2D eigenvalue weighted by Gasteiger charge is -2.09. The fourth-order valence-corrected chi connectivity index (χ4v) is 1.70. The maximum atomic E-state index is 9.02. The number of benzene rings is 1. The highest BCUT2D eigenvalue weighted by atomic mass is 16.3. The highest BCUT2D eigenvalue weighted by molar-refractivity contribution is 5.54. The van der Waals surface area contributed by atoms with Crippen molar-refractivity contribution in [2.24, 2.45) is 0 Å². The summed E-state index contributed by atoms with van der Waals surface area (Å²) in [5.41, 5.74) is 8.83. The molecule has 1 aromatic rings. The number of anilines is 1. The summed E-state index contributed by atoms with van der Waals surface area (Å²) in [5, 5.41) is 12.2. The summed E-state index contributed by atoms with van der Waals surface area (Å²) < 4.78 is 0. The zero-order valence-corrected chi connectivity index (χ0v) is 6.75. The van der Waals surface area contributed by atoms with Crippen LogP contribution in [0.4, 0.5) is 5.69 Å². The van der Waals surface area contributed by atoms with Crippen molar-refractivity contribution in [3.8, 4) is 0 Å². The predicted octanol–water partition coefficient (Wildman–Crippen LogP) is 0.405. The van der Waals surface area contributed by atoms with Crippen LogP contribution in [0, 0.1) is 0 Å². The van der Waals surface area contributed by atoms with Crippen LogP contribution in [0.2, 0.25) is 0 Å². The van der Waals surface area contributed by atoms with Gasteiger partial charge >= 0.3 is 0 Å². The van der Waals surface area contributed by atoms with Gasteiger partial charge in [0.15, 0.2) is 0 Å². The van der Waals surface area contributed by atoms with E-state index >= 15 is 0 Å². The van der Waals surface area contributed by atoms with Crippen LogP contribution < -0.4 is 11.1 Å². The average molecular weight is 164 g/mol. The van der Waals surface area contributed by atoms with Gasteiger partial charge in [-0.25, -0.2) is 0 Å². The number of nitrogen functional groups attached to an aromatic ring is 1. The molecule has 2 rings (SSSR count). The molecular weight excluding hydrogens is 152 g/mol. The van der Waals surface area contributed by atoms with Gasteiger partial charge in [-0.2, -0.15) is 0 Å². The molecule has 1 aliphatic heterocycles. The minimum absolute atomic E-state index is 0.0289. The summed E-state index contributed by atoms with van der Waals surface area (Å²) in [7, 11) is 0. The Kier molecular flexibility index (Phi) is 1.75. The van der Waals surface area contributed by atoms with Gasteiger partial charge in [0, 0.05) is 12.2 Å². The summed E-state index contributed by atoms with van der Waals surface area (Å²) in [6, 6.07) is 5.87. The van der Waals surface area contributed by atoms with Crippen LogP contribution in [-0.2, 0) is 6.54 Å². The number of fused-ring (bicyclic) bond motifs is 1. The van der Waals surface area contributed by atoms with Crippen molar-refractivity contribution in [3.05, 3.63) is 29.3 Å². The topological polar surface area (TPSA) is 58.3 Å². The van der Waals surface area contributed by atoms with Crippen LogP contribution in [0.3, 0.4) is 0 Å². The molecule has 0 saturated carbocycles. The van der Waals surface area contributed by atoms with Crippen molar-refractivity contribution in [1.29, 1.82) is 0 Å². The predicted molar refractivity (Wildman–Crippen MR) is 47.5 cm³/mol. The average Bonchev–Trinajstić information content (AvgIpc) is 2.49. The molecule has 0 radical (unpaired) electrons. The molecule has 0 aromatic heterocycles. The molecule has 0 saturated heterocycles. The first-order chi connectivity index (χ1) is 5.83. The number of aliphatic hydroxyl groups is 1. The molecule has 0 aliphatic carbocycles. The standard InChI is InChI=1S/C9H12N2O/c10-7-3-1-2-6-4-11-8(5-12)9(6)7/h1-3,8,11-12H,4-5,10H2. The summed E-state index contributed by atoms with van der Waals surface area (Å²) in [4.78, 5) is 0. The van der Waals surface area contributed by atoms with E-state index in [0.717, 1.165) is 17.8 Å². The molecule has 0 bridgehead atoms. The largest absolute Gasteiger partial charge is 0.398 e. The highest BCUT2D eigenvalue weighted by Crippen LogP contribution is 2.29. The first-order valence-electron chi connectivity index (χ1n) is 4.04. The van der Waals surface area contributed by atoms with Gasteiger partial charge in [-0.05, 0) is 17.2 Å². The first kappa shape index (κ1) is 7.58. The maximum absolute atomic E-state index is 9.02. The van der Waals surface area contributed by atoms with E-state index in [-0.39, 0.29) is 12.6 Å². The van der Waals surface area contributed by atoms with E-state index in [1.54, 1.807) is 0 Å². The minimum Gasteiger partial charge on any atom is -0.398 e. The summed E-state index contributed by atoms with van der Waals surface area (Å²) in [5.74, 6) is 0. The zero-order chi connectivity index (χ0) is 8.55. The molecular formula is C9H12N2O. The van der Waals surface area contributed by atoms with Crippen LogP contribution in [-0.4, -0.2) is 11.7 Å². The van der Waals surface area contributed by atoms with Crippen molar-refractivity contribution >= 4 is 5.69 Å². The Hall–Kier alpha value is -1.06. The number of hydrogen-bond donors (Lipinski definition) is 3. The molecule has 1 unspecified atom stereocenters. The third kappa shape index (κ3) is 0.983. The lowest BCUT2D eigenvalue weighted by atomic mass is 10.0. The smallest absolute Gasteiger partial charge is 0.0627 e. The maximum Gasteiger partial charge on any atom is 0.0627 e. The molecule has 1 aliphatic rings. The van der Waals surface area contributed by atoms with E-state index in [0.29, 0.717) is 0 Å². The zero-order valence-electron chi connectivity index (χ0n) is 6.75. The van der Waals surface area contributed by atoms with Crippen molar-refractivity contribution in [3.63, 3.8) is 0 Å². The van der Waals surface area contributed by atoms with Crippen LogP contribution in [0.25, 0.3) is 0 Å². The Morgan fingerprint density at radius 3 is 3.17 bits per heavy atom. The normalized spacial score (nSPS) is 20.9. The molecule has 12 heavy (non-hydrogen) atoms. The van der Waals surface area contributed by atoms with Crippen LogP contribution in [0.5, 0.6) is 0 Å². The van der Waals surface area contributed by atoms with Gasteiger partial charge in [-0.3, -0.25) is 0 Å².